The number of carbonyl (C=O) groups excluding carboxylic acids is 1. The average molecular weight is 336 g/mol. The van der Waals surface area contributed by atoms with Gasteiger partial charge in [-0.05, 0) is 61.3 Å². The summed E-state index contributed by atoms with van der Waals surface area (Å²) in [5, 5.41) is 9.76. The van der Waals surface area contributed by atoms with Gasteiger partial charge in [-0.1, -0.05) is 61.1 Å². The fraction of sp³-hybridized carbons (Fsp3) is 0.348. The molecule has 0 spiro atoms. The summed E-state index contributed by atoms with van der Waals surface area (Å²) < 4.78 is 0. The van der Waals surface area contributed by atoms with Crippen molar-refractivity contribution in [3.8, 4) is 0 Å². The van der Waals surface area contributed by atoms with Gasteiger partial charge in [0.05, 0.1) is 0 Å². The Hall–Kier alpha value is -2.35. The van der Waals surface area contributed by atoms with Crippen LogP contribution in [0, 0.1) is 5.92 Å². The monoisotopic (exact) mass is 336 g/mol. The van der Waals surface area contributed by atoms with Crippen LogP contribution in [0.5, 0.6) is 0 Å². The highest BCUT2D eigenvalue weighted by Crippen LogP contribution is 2.27. The van der Waals surface area contributed by atoms with E-state index >= 15 is 0 Å². The van der Waals surface area contributed by atoms with Gasteiger partial charge in [-0.15, -0.1) is 0 Å². The molecule has 0 heterocycles. The Morgan fingerprint density at radius 2 is 1.92 bits per heavy atom. The van der Waals surface area contributed by atoms with Crippen LogP contribution in [-0.4, -0.2) is 10.9 Å². The molecule has 25 heavy (non-hydrogen) atoms. The minimum Gasteiger partial charge on any atom is -0.504 e. The molecule has 0 amide bonds. The van der Waals surface area contributed by atoms with Crippen molar-refractivity contribution in [1.29, 1.82) is 0 Å². The summed E-state index contributed by atoms with van der Waals surface area (Å²) in [4.78, 5) is 11.3. The minimum atomic E-state index is -0.296. The van der Waals surface area contributed by atoms with E-state index in [2.05, 4.69) is 50.3 Å². The van der Waals surface area contributed by atoms with Gasteiger partial charge in [0.2, 0.25) is 0 Å². The van der Waals surface area contributed by atoms with Crippen molar-refractivity contribution in [2.45, 2.75) is 46.5 Å². The number of allylic oxidation sites excluding steroid dienone is 8. The van der Waals surface area contributed by atoms with Crippen LogP contribution in [0.1, 0.15) is 45.6 Å². The lowest BCUT2D eigenvalue weighted by Gasteiger charge is -2.19. The van der Waals surface area contributed by atoms with Gasteiger partial charge in [0.1, 0.15) is 0 Å². The zero-order valence-electron chi connectivity index (χ0n) is 15.5. The molecule has 0 aromatic heterocycles. The van der Waals surface area contributed by atoms with E-state index in [0.717, 1.165) is 31.3 Å². The fourth-order valence-electron chi connectivity index (χ4n) is 3.08. The normalized spacial score (nSPS) is 23.2. The molecular formula is C23H28O2. The lowest BCUT2D eigenvalue weighted by atomic mass is 9.86. The molecule has 1 aromatic rings. The minimum absolute atomic E-state index is 0.167. The number of Topliss-reactive ketones (excluding diaryl/α,β-unsaturated/α-hetero) is 1. The summed E-state index contributed by atoms with van der Waals surface area (Å²) in [6.07, 6.45) is 12.0. The Balaban J connectivity index is 2.29. The van der Waals surface area contributed by atoms with E-state index in [4.69, 9.17) is 0 Å². The molecule has 1 N–H and O–H groups in total. The fourth-order valence-corrected chi connectivity index (χ4v) is 3.08. The molecule has 1 aromatic carbocycles. The van der Waals surface area contributed by atoms with Gasteiger partial charge in [0.15, 0.2) is 11.5 Å². The number of aliphatic hydroxyl groups is 1. The van der Waals surface area contributed by atoms with E-state index in [1.54, 1.807) is 6.08 Å². The molecule has 0 saturated heterocycles. The molecule has 0 saturated carbocycles. The highest BCUT2D eigenvalue weighted by molar-refractivity contribution is 5.91. The predicted octanol–water partition coefficient (Wildman–Crippen LogP) is 5.88. The Bertz CT molecular complexity index is 718. The summed E-state index contributed by atoms with van der Waals surface area (Å²) in [7, 11) is 0. The second-order valence-electron chi connectivity index (χ2n) is 6.78. The third kappa shape index (κ3) is 5.90. The lowest BCUT2D eigenvalue weighted by molar-refractivity contribution is -0.115. The molecule has 1 unspecified atom stereocenters. The molecular weight excluding hydrogens is 308 g/mol. The Labute approximate surface area is 151 Å². The van der Waals surface area contributed by atoms with Gasteiger partial charge in [-0.2, -0.15) is 0 Å². The average Bonchev–Trinajstić information content (AvgIpc) is 2.59. The van der Waals surface area contributed by atoms with Gasteiger partial charge >= 0.3 is 0 Å². The van der Waals surface area contributed by atoms with Crippen LogP contribution in [0.15, 0.2) is 77.1 Å². The number of ketones is 1. The van der Waals surface area contributed by atoms with Crippen molar-refractivity contribution in [3.63, 3.8) is 0 Å². The number of hydrogen-bond donors (Lipinski definition) is 1. The third-order valence-corrected chi connectivity index (χ3v) is 4.68. The number of benzene rings is 1. The zero-order valence-corrected chi connectivity index (χ0v) is 15.5. The molecule has 2 rings (SSSR count). The van der Waals surface area contributed by atoms with Crippen LogP contribution in [-0.2, 0) is 11.2 Å². The first-order valence-electron chi connectivity index (χ1n) is 9.03. The van der Waals surface area contributed by atoms with Crippen molar-refractivity contribution < 1.29 is 9.90 Å². The summed E-state index contributed by atoms with van der Waals surface area (Å²) in [5.74, 6) is -0.00648. The van der Waals surface area contributed by atoms with Crippen LogP contribution in [0.3, 0.4) is 0 Å². The molecule has 0 aliphatic heterocycles. The largest absolute Gasteiger partial charge is 0.504 e. The maximum absolute atomic E-state index is 11.3. The van der Waals surface area contributed by atoms with E-state index < -0.39 is 0 Å². The first-order valence-corrected chi connectivity index (χ1v) is 9.03. The first kappa shape index (κ1) is 19.0. The van der Waals surface area contributed by atoms with E-state index in [-0.39, 0.29) is 11.5 Å². The topological polar surface area (TPSA) is 37.3 Å². The van der Waals surface area contributed by atoms with E-state index in [0.29, 0.717) is 5.92 Å². The molecule has 0 bridgehead atoms. The number of rotatable bonds is 6. The summed E-state index contributed by atoms with van der Waals surface area (Å²) in [6.45, 7) is 5.76. The van der Waals surface area contributed by atoms with Crippen LogP contribution < -0.4 is 0 Å². The van der Waals surface area contributed by atoms with Gasteiger partial charge in [-0.3, -0.25) is 4.79 Å². The van der Waals surface area contributed by atoms with Crippen molar-refractivity contribution in [3.05, 3.63) is 82.7 Å². The van der Waals surface area contributed by atoms with Gasteiger partial charge < -0.3 is 5.11 Å². The summed E-state index contributed by atoms with van der Waals surface area (Å²) in [5.41, 5.74) is 4.99. The van der Waals surface area contributed by atoms with Crippen molar-refractivity contribution >= 4 is 5.78 Å². The second-order valence-corrected chi connectivity index (χ2v) is 6.78. The van der Waals surface area contributed by atoms with Crippen LogP contribution >= 0.6 is 0 Å². The van der Waals surface area contributed by atoms with E-state index in [1.165, 1.54) is 23.6 Å². The quantitative estimate of drug-likeness (QED) is 0.520. The predicted molar refractivity (Wildman–Crippen MR) is 104 cm³/mol. The van der Waals surface area contributed by atoms with Crippen molar-refractivity contribution in [2.75, 3.05) is 0 Å². The number of aliphatic hydroxyl groups excluding tert-OH is 1. The van der Waals surface area contributed by atoms with E-state index in [1.807, 2.05) is 12.1 Å². The molecule has 2 heteroatoms. The maximum Gasteiger partial charge on any atom is 0.194 e. The highest BCUT2D eigenvalue weighted by atomic mass is 16.3. The molecule has 1 aliphatic carbocycles. The number of carbonyl (C=O) groups is 1. The number of hydrogen-bond acceptors (Lipinski definition) is 2. The molecule has 132 valence electrons. The van der Waals surface area contributed by atoms with Crippen LogP contribution in [0.2, 0.25) is 0 Å². The SMILES string of the molecule is CCC(Cc1ccccc1)C1=C/C=C(/C=C(\O)C(C)=O)CC\C(C)=C\1. The Morgan fingerprint density at radius 1 is 1.20 bits per heavy atom. The molecule has 0 radical (unpaired) electrons. The third-order valence-electron chi connectivity index (χ3n) is 4.68. The van der Waals surface area contributed by atoms with Crippen LogP contribution in [0.4, 0.5) is 0 Å². The Kier molecular flexibility index (Phi) is 7.00. The molecule has 1 aliphatic rings. The standard InChI is InChI=1S/C23H28O2/c1-4-21(15-19-8-6-5-7-9-19)22-13-12-20(11-10-17(2)14-22)16-23(25)18(3)24/h5-9,12-14,16,21,25H,4,10-11,15H2,1-3H3/b17-14+,20-12+,22-13+,23-16-. The molecule has 1 atom stereocenters. The van der Waals surface area contributed by atoms with Gasteiger partial charge in [0.25, 0.3) is 0 Å². The molecule has 2 nitrogen and oxygen atoms in total. The van der Waals surface area contributed by atoms with Crippen molar-refractivity contribution in [1.82, 2.24) is 0 Å². The van der Waals surface area contributed by atoms with Crippen molar-refractivity contribution in [2.24, 2.45) is 5.92 Å². The summed E-state index contributed by atoms with van der Waals surface area (Å²) >= 11 is 0. The van der Waals surface area contributed by atoms with E-state index in [9.17, 15) is 9.90 Å². The van der Waals surface area contributed by atoms with Crippen LogP contribution in [0.25, 0.3) is 0 Å². The lowest BCUT2D eigenvalue weighted by Crippen LogP contribution is -2.07. The summed E-state index contributed by atoms with van der Waals surface area (Å²) in [6, 6.07) is 10.6. The Morgan fingerprint density at radius 3 is 2.56 bits per heavy atom. The zero-order chi connectivity index (χ0) is 18.2. The highest BCUT2D eigenvalue weighted by Gasteiger charge is 2.13. The van der Waals surface area contributed by atoms with Gasteiger partial charge in [0, 0.05) is 6.92 Å². The van der Waals surface area contributed by atoms with Gasteiger partial charge in [-0.25, -0.2) is 0 Å². The smallest absolute Gasteiger partial charge is 0.194 e. The maximum atomic E-state index is 11.3. The molecule has 0 fully saturated rings. The second kappa shape index (κ2) is 9.22. The first-order chi connectivity index (χ1) is 12.0.